The number of carbonyl (C=O) groups excluding carboxylic acids is 1. The molecule has 0 aliphatic heterocycles. The first-order chi connectivity index (χ1) is 7.74. The van der Waals surface area contributed by atoms with Gasteiger partial charge in [0.1, 0.15) is 0 Å². The Balaban J connectivity index is 2.39. The molecule has 16 heavy (non-hydrogen) atoms. The molecule has 0 bridgehead atoms. The van der Waals surface area contributed by atoms with Crippen LogP contribution in [0.15, 0.2) is 18.2 Å². The normalized spacial score (nSPS) is 10.6. The maximum absolute atomic E-state index is 11.5. The van der Waals surface area contributed by atoms with Crippen molar-refractivity contribution in [2.45, 2.75) is 20.3 Å². The number of hydrogen-bond donors (Lipinski definition) is 0. The number of fused-ring (bicyclic) bond motifs is 1. The zero-order chi connectivity index (χ0) is 11.5. The fraction of sp³-hybridized carbons (Fsp3) is 0.333. The summed E-state index contributed by atoms with van der Waals surface area (Å²) in [5.41, 5.74) is 2.12. The summed E-state index contributed by atoms with van der Waals surface area (Å²) >= 11 is 1.39. The Kier molecular flexibility index (Phi) is 3.19. The molecule has 0 aliphatic rings. The third-order valence-corrected chi connectivity index (χ3v) is 3.31. The summed E-state index contributed by atoms with van der Waals surface area (Å²) < 4.78 is 5.97. The van der Waals surface area contributed by atoms with E-state index in [2.05, 4.69) is 18.0 Å². The molecule has 3 nitrogen and oxygen atoms in total. The van der Waals surface area contributed by atoms with Gasteiger partial charge in [0.05, 0.1) is 16.8 Å². The summed E-state index contributed by atoms with van der Waals surface area (Å²) in [7, 11) is 0. The van der Waals surface area contributed by atoms with Crippen molar-refractivity contribution in [1.29, 1.82) is 0 Å². The highest BCUT2D eigenvalue weighted by atomic mass is 32.1. The van der Waals surface area contributed by atoms with Gasteiger partial charge >= 0.3 is 5.97 Å². The Hall–Kier alpha value is -1.42. The van der Waals surface area contributed by atoms with Crippen molar-refractivity contribution in [3.05, 3.63) is 28.8 Å². The summed E-state index contributed by atoms with van der Waals surface area (Å²) in [6, 6.07) is 6.07. The molecule has 2 aromatic rings. The second kappa shape index (κ2) is 4.61. The van der Waals surface area contributed by atoms with Crippen LogP contribution in [0.25, 0.3) is 10.2 Å². The van der Waals surface area contributed by atoms with Crippen molar-refractivity contribution in [2.24, 2.45) is 0 Å². The lowest BCUT2D eigenvalue weighted by atomic mass is 10.2. The molecule has 1 aromatic heterocycles. The smallest absolute Gasteiger partial charge is 0.367 e. The number of aromatic nitrogens is 1. The summed E-state index contributed by atoms with van der Waals surface area (Å²) in [4.78, 5) is 15.7. The van der Waals surface area contributed by atoms with Crippen molar-refractivity contribution in [3.63, 3.8) is 0 Å². The number of hydrogen-bond acceptors (Lipinski definition) is 4. The molecule has 1 aromatic carbocycles. The predicted molar refractivity (Wildman–Crippen MR) is 65.0 cm³/mol. The van der Waals surface area contributed by atoms with Gasteiger partial charge in [0, 0.05) is 0 Å². The number of esters is 1. The number of thiazole rings is 1. The largest absolute Gasteiger partial charge is 0.461 e. The van der Waals surface area contributed by atoms with Crippen LogP contribution in [-0.4, -0.2) is 17.6 Å². The quantitative estimate of drug-likeness (QED) is 0.768. The first-order valence-corrected chi connectivity index (χ1v) is 6.12. The number of rotatable bonds is 3. The maximum atomic E-state index is 11.5. The lowest BCUT2D eigenvalue weighted by Gasteiger charge is -1.94. The van der Waals surface area contributed by atoms with Crippen molar-refractivity contribution in [1.82, 2.24) is 4.98 Å². The average molecular weight is 235 g/mol. The fourth-order valence-electron chi connectivity index (χ4n) is 1.47. The van der Waals surface area contributed by atoms with E-state index in [1.807, 2.05) is 12.1 Å². The standard InChI is InChI=1S/C12H13NO2S/c1-3-8-5-6-9-10(7-8)16-11(13-9)12(14)15-4-2/h5-7H,3-4H2,1-2H3. The van der Waals surface area contributed by atoms with E-state index in [4.69, 9.17) is 4.74 Å². The van der Waals surface area contributed by atoms with Crippen LogP contribution >= 0.6 is 11.3 Å². The predicted octanol–water partition coefficient (Wildman–Crippen LogP) is 3.04. The summed E-state index contributed by atoms with van der Waals surface area (Å²) in [5, 5.41) is 0.435. The number of carbonyl (C=O) groups is 1. The topological polar surface area (TPSA) is 39.2 Å². The Labute approximate surface area is 98.1 Å². The van der Waals surface area contributed by atoms with Gasteiger partial charge in [-0.2, -0.15) is 0 Å². The van der Waals surface area contributed by atoms with E-state index in [0.29, 0.717) is 11.6 Å². The molecule has 0 fully saturated rings. The van der Waals surface area contributed by atoms with Gasteiger partial charge in [0.2, 0.25) is 5.01 Å². The van der Waals surface area contributed by atoms with E-state index in [1.165, 1.54) is 16.9 Å². The number of ether oxygens (including phenoxy) is 1. The molecule has 2 rings (SSSR count). The molecule has 0 saturated carbocycles. The Morgan fingerprint density at radius 3 is 2.94 bits per heavy atom. The zero-order valence-corrected chi connectivity index (χ0v) is 10.1. The first-order valence-electron chi connectivity index (χ1n) is 5.31. The van der Waals surface area contributed by atoms with Crippen LogP contribution in [-0.2, 0) is 11.2 Å². The highest BCUT2D eigenvalue weighted by Gasteiger charge is 2.12. The van der Waals surface area contributed by atoms with Gasteiger partial charge in [-0.1, -0.05) is 13.0 Å². The SMILES string of the molecule is CCOC(=O)c1nc2ccc(CC)cc2s1. The third-order valence-electron chi connectivity index (χ3n) is 2.31. The maximum Gasteiger partial charge on any atom is 0.367 e. The van der Waals surface area contributed by atoms with Gasteiger partial charge in [-0.15, -0.1) is 11.3 Å². The van der Waals surface area contributed by atoms with E-state index in [0.717, 1.165) is 16.6 Å². The molecule has 0 aliphatic carbocycles. The third kappa shape index (κ3) is 2.07. The molecule has 0 spiro atoms. The Morgan fingerprint density at radius 1 is 1.44 bits per heavy atom. The van der Waals surface area contributed by atoms with Crippen LogP contribution in [0.4, 0.5) is 0 Å². The summed E-state index contributed by atoms with van der Waals surface area (Å²) in [5.74, 6) is -0.332. The van der Waals surface area contributed by atoms with E-state index in [1.54, 1.807) is 6.92 Å². The summed E-state index contributed by atoms with van der Waals surface area (Å²) in [6.45, 7) is 4.28. The van der Waals surface area contributed by atoms with Gasteiger partial charge in [-0.25, -0.2) is 9.78 Å². The van der Waals surface area contributed by atoms with Crippen molar-refractivity contribution < 1.29 is 9.53 Å². The van der Waals surface area contributed by atoms with Gasteiger partial charge in [0.15, 0.2) is 0 Å². The molecule has 0 unspecified atom stereocenters. The van der Waals surface area contributed by atoms with Gasteiger partial charge in [0.25, 0.3) is 0 Å². The summed E-state index contributed by atoms with van der Waals surface area (Å²) in [6.07, 6.45) is 0.989. The van der Waals surface area contributed by atoms with Crippen LogP contribution in [0.3, 0.4) is 0 Å². The zero-order valence-electron chi connectivity index (χ0n) is 9.32. The molecule has 0 radical (unpaired) electrons. The minimum atomic E-state index is -0.332. The van der Waals surface area contributed by atoms with Gasteiger partial charge in [-0.3, -0.25) is 0 Å². The van der Waals surface area contributed by atoms with E-state index in [-0.39, 0.29) is 5.97 Å². The first kappa shape index (κ1) is 11.1. The van der Waals surface area contributed by atoms with Crippen LogP contribution < -0.4 is 0 Å². The Bertz CT molecular complexity index is 519. The molecule has 4 heteroatoms. The van der Waals surface area contributed by atoms with E-state index < -0.39 is 0 Å². The van der Waals surface area contributed by atoms with Crippen molar-refractivity contribution in [3.8, 4) is 0 Å². The second-order valence-electron chi connectivity index (χ2n) is 3.40. The van der Waals surface area contributed by atoms with Crippen LogP contribution in [0.2, 0.25) is 0 Å². The molecule has 0 amide bonds. The van der Waals surface area contributed by atoms with Crippen LogP contribution in [0.1, 0.15) is 29.2 Å². The molecular formula is C12H13NO2S. The average Bonchev–Trinajstić information content (AvgIpc) is 2.71. The van der Waals surface area contributed by atoms with Crippen LogP contribution in [0.5, 0.6) is 0 Å². The van der Waals surface area contributed by atoms with E-state index in [9.17, 15) is 4.79 Å². The van der Waals surface area contributed by atoms with Gasteiger partial charge < -0.3 is 4.74 Å². The monoisotopic (exact) mass is 235 g/mol. The number of benzene rings is 1. The number of nitrogens with zero attached hydrogens (tertiary/aromatic N) is 1. The molecule has 0 saturated heterocycles. The minimum absolute atomic E-state index is 0.332. The second-order valence-corrected chi connectivity index (χ2v) is 4.43. The fourth-order valence-corrected chi connectivity index (χ4v) is 2.39. The highest BCUT2D eigenvalue weighted by molar-refractivity contribution is 7.20. The van der Waals surface area contributed by atoms with Crippen molar-refractivity contribution >= 4 is 27.5 Å². The lowest BCUT2D eigenvalue weighted by molar-refractivity contribution is 0.0526. The molecule has 0 atom stereocenters. The van der Waals surface area contributed by atoms with Crippen molar-refractivity contribution in [2.75, 3.05) is 6.61 Å². The molecular weight excluding hydrogens is 222 g/mol. The molecule has 0 N–H and O–H groups in total. The minimum Gasteiger partial charge on any atom is -0.461 e. The van der Waals surface area contributed by atoms with Crippen LogP contribution in [0, 0.1) is 0 Å². The highest BCUT2D eigenvalue weighted by Crippen LogP contribution is 2.24. The lowest BCUT2D eigenvalue weighted by Crippen LogP contribution is -2.03. The van der Waals surface area contributed by atoms with Gasteiger partial charge in [-0.05, 0) is 31.0 Å². The molecule has 84 valence electrons. The van der Waals surface area contributed by atoms with E-state index >= 15 is 0 Å². The number of aryl methyl sites for hydroxylation is 1. The molecule has 1 heterocycles. The Morgan fingerprint density at radius 2 is 2.25 bits per heavy atom.